The van der Waals surface area contributed by atoms with E-state index in [2.05, 4.69) is 64.4 Å². The van der Waals surface area contributed by atoms with Crippen molar-refractivity contribution in [2.45, 2.75) is 43.8 Å². The zero-order chi connectivity index (χ0) is 17.3. The van der Waals surface area contributed by atoms with E-state index in [-0.39, 0.29) is 16.0 Å². The van der Waals surface area contributed by atoms with Gasteiger partial charge in [0.2, 0.25) is 0 Å². The Morgan fingerprint density at radius 1 is 1.26 bits per heavy atom. The van der Waals surface area contributed by atoms with Crippen LogP contribution in [0, 0.1) is 11.2 Å². The molecule has 0 amide bonds. The highest BCUT2D eigenvalue weighted by Gasteiger charge is 2.33. The first kappa shape index (κ1) is 18.9. The lowest BCUT2D eigenvalue weighted by Crippen LogP contribution is -2.35. The molecule has 1 aromatic rings. The van der Waals surface area contributed by atoms with Gasteiger partial charge in [0.05, 0.1) is 0 Å². The second kappa shape index (κ2) is 7.20. The number of hydrogen-bond donors (Lipinski definition) is 1. The van der Waals surface area contributed by atoms with Crippen LogP contribution in [0.5, 0.6) is 0 Å². The number of thioether (sulfide) groups is 1. The molecule has 0 bridgehead atoms. The van der Waals surface area contributed by atoms with Crippen LogP contribution in [0.3, 0.4) is 0 Å². The van der Waals surface area contributed by atoms with Gasteiger partial charge in [-0.15, -0.1) is 11.8 Å². The fraction of sp³-hybridized carbons (Fsp3) is 0.579. The first-order chi connectivity index (χ1) is 10.6. The molecule has 0 N–H and O–H groups in total. The Morgan fingerprint density at radius 3 is 2.48 bits per heavy atom. The van der Waals surface area contributed by atoms with E-state index in [1.54, 1.807) is 17.8 Å². The molecule has 23 heavy (non-hydrogen) atoms. The van der Waals surface area contributed by atoms with Crippen molar-refractivity contribution in [2.24, 2.45) is 5.41 Å². The molecule has 0 saturated carbocycles. The Morgan fingerprint density at radius 2 is 1.96 bits per heavy atom. The van der Waals surface area contributed by atoms with E-state index in [9.17, 15) is 4.39 Å². The van der Waals surface area contributed by atoms with Gasteiger partial charge in [-0.2, -0.15) is 12.6 Å². The average molecular weight is 354 g/mol. The van der Waals surface area contributed by atoms with Crippen molar-refractivity contribution in [2.75, 3.05) is 25.9 Å². The van der Waals surface area contributed by atoms with Crippen LogP contribution in [0.4, 0.5) is 4.39 Å². The van der Waals surface area contributed by atoms with Gasteiger partial charge in [0.15, 0.2) is 0 Å². The van der Waals surface area contributed by atoms with Crippen molar-refractivity contribution in [3.8, 4) is 0 Å². The Bertz CT molecular complexity index is 588. The van der Waals surface area contributed by atoms with Gasteiger partial charge in [0.1, 0.15) is 5.82 Å². The number of thiol groups is 1. The Labute approximate surface area is 150 Å². The molecule has 1 nitrogen and oxygen atoms in total. The highest BCUT2D eigenvalue weighted by molar-refractivity contribution is 7.99. The summed E-state index contributed by atoms with van der Waals surface area (Å²) in [6, 6.07) is 5.68. The summed E-state index contributed by atoms with van der Waals surface area (Å²) in [6.45, 7) is 10.6. The molecule has 0 atom stereocenters. The van der Waals surface area contributed by atoms with Gasteiger partial charge in [-0.05, 0) is 42.2 Å². The minimum atomic E-state index is -0.111. The summed E-state index contributed by atoms with van der Waals surface area (Å²) < 4.78 is 14.4. The largest absolute Gasteiger partial charge is 0.302 e. The molecule has 0 radical (unpaired) electrons. The highest BCUT2D eigenvalue weighted by Crippen LogP contribution is 2.40. The molecule has 0 aliphatic carbocycles. The van der Waals surface area contributed by atoms with Gasteiger partial charge in [-0.3, -0.25) is 0 Å². The Hall–Kier alpha value is -0.450. The quantitative estimate of drug-likeness (QED) is 0.560. The van der Waals surface area contributed by atoms with Crippen molar-refractivity contribution < 1.29 is 4.39 Å². The number of halogens is 1. The number of benzene rings is 1. The topological polar surface area (TPSA) is 3.24 Å². The molecule has 0 aromatic heterocycles. The molecule has 2 rings (SSSR count). The summed E-state index contributed by atoms with van der Waals surface area (Å²) >= 11 is 6.27. The van der Waals surface area contributed by atoms with Crippen molar-refractivity contribution in [3.63, 3.8) is 0 Å². The van der Waals surface area contributed by atoms with E-state index < -0.39 is 0 Å². The van der Waals surface area contributed by atoms with Crippen LogP contribution in [-0.2, 0) is 0 Å². The zero-order valence-electron chi connectivity index (χ0n) is 14.8. The van der Waals surface area contributed by atoms with E-state index in [4.69, 9.17) is 0 Å². The van der Waals surface area contributed by atoms with E-state index in [0.717, 1.165) is 35.7 Å². The number of likely N-dealkylation sites (N-methyl/N-ethyl adjacent to an activating group) is 1. The monoisotopic (exact) mass is 353 g/mol. The Kier molecular flexibility index (Phi) is 5.91. The molecule has 1 heterocycles. The van der Waals surface area contributed by atoms with Gasteiger partial charge in [0, 0.05) is 28.5 Å². The molecule has 0 spiro atoms. The summed E-state index contributed by atoms with van der Waals surface area (Å²) in [7, 11) is 2.11. The lowest BCUT2D eigenvalue weighted by atomic mass is 9.82. The SMILES string of the molecule is CN1CC=C(c2ccc(SCC(C)(C)C(C)(C)S)c(F)c2)CC1. The number of hydrogen-bond acceptors (Lipinski definition) is 3. The average Bonchev–Trinajstić information content (AvgIpc) is 2.45. The number of rotatable bonds is 5. The molecule has 1 aliphatic heterocycles. The van der Waals surface area contributed by atoms with Crippen LogP contribution in [0.15, 0.2) is 29.2 Å². The minimum Gasteiger partial charge on any atom is -0.302 e. The molecule has 0 saturated heterocycles. The second-order valence-electron chi connectivity index (χ2n) is 7.62. The second-order valence-corrected chi connectivity index (χ2v) is 9.75. The maximum absolute atomic E-state index is 14.5. The summed E-state index contributed by atoms with van der Waals surface area (Å²) in [5.41, 5.74) is 2.30. The van der Waals surface area contributed by atoms with Gasteiger partial charge < -0.3 is 4.90 Å². The molecule has 1 aliphatic rings. The molecule has 0 fully saturated rings. The van der Waals surface area contributed by atoms with E-state index in [1.807, 2.05) is 6.07 Å². The van der Waals surface area contributed by atoms with E-state index >= 15 is 0 Å². The maximum Gasteiger partial charge on any atom is 0.137 e. The predicted molar refractivity (Wildman–Crippen MR) is 104 cm³/mol. The third kappa shape index (κ3) is 4.77. The van der Waals surface area contributed by atoms with Crippen molar-refractivity contribution in [3.05, 3.63) is 35.7 Å². The van der Waals surface area contributed by atoms with Crippen LogP contribution in [-0.4, -0.2) is 35.5 Å². The van der Waals surface area contributed by atoms with Crippen LogP contribution >= 0.6 is 24.4 Å². The fourth-order valence-electron chi connectivity index (χ4n) is 2.29. The first-order valence-corrected chi connectivity index (χ1v) is 9.56. The highest BCUT2D eigenvalue weighted by atomic mass is 32.2. The van der Waals surface area contributed by atoms with Gasteiger partial charge in [0.25, 0.3) is 0 Å². The van der Waals surface area contributed by atoms with Crippen LogP contribution in [0.2, 0.25) is 0 Å². The third-order valence-electron chi connectivity index (χ3n) is 4.96. The molecule has 1 aromatic carbocycles. The van der Waals surface area contributed by atoms with Crippen LogP contribution in [0.25, 0.3) is 5.57 Å². The fourth-order valence-corrected chi connectivity index (χ4v) is 3.71. The predicted octanol–water partition coefficient (Wildman–Crippen LogP) is 5.37. The lowest BCUT2D eigenvalue weighted by Gasteiger charge is -2.37. The molecule has 128 valence electrons. The van der Waals surface area contributed by atoms with Gasteiger partial charge in [-0.1, -0.05) is 39.8 Å². The van der Waals surface area contributed by atoms with Gasteiger partial charge >= 0.3 is 0 Å². The molecular formula is C19H28FNS2. The zero-order valence-corrected chi connectivity index (χ0v) is 16.5. The van der Waals surface area contributed by atoms with Crippen molar-refractivity contribution in [1.82, 2.24) is 4.90 Å². The van der Waals surface area contributed by atoms with Crippen molar-refractivity contribution >= 4 is 30.0 Å². The normalized spacial score (nSPS) is 17.3. The Balaban J connectivity index is 2.08. The molecule has 0 unspecified atom stereocenters. The first-order valence-electron chi connectivity index (χ1n) is 8.13. The minimum absolute atomic E-state index is 0.0162. The summed E-state index contributed by atoms with van der Waals surface area (Å²) in [5, 5.41) is 0. The van der Waals surface area contributed by atoms with Crippen LogP contribution in [0.1, 0.15) is 39.7 Å². The lowest BCUT2D eigenvalue weighted by molar-refractivity contribution is 0.330. The maximum atomic E-state index is 14.5. The van der Waals surface area contributed by atoms with Crippen LogP contribution < -0.4 is 0 Å². The standard InChI is InChI=1S/C19H28FNS2/c1-18(2,19(3,4)22)13-23-17-7-6-15(12-16(17)20)14-8-10-21(5)11-9-14/h6-8,12,22H,9-11,13H2,1-5H3. The van der Waals surface area contributed by atoms with E-state index in [0.29, 0.717) is 0 Å². The third-order valence-corrected chi connectivity index (χ3v) is 7.07. The van der Waals surface area contributed by atoms with E-state index in [1.165, 1.54) is 5.57 Å². The molecule has 4 heteroatoms. The number of nitrogens with zero attached hydrogens (tertiary/aromatic N) is 1. The summed E-state index contributed by atoms with van der Waals surface area (Å²) in [6.07, 6.45) is 3.20. The smallest absolute Gasteiger partial charge is 0.137 e. The van der Waals surface area contributed by atoms with Gasteiger partial charge in [-0.25, -0.2) is 4.39 Å². The van der Waals surface area contributed by atoms with Crippen molar-refractivity contribution in [1.29, 1.82) is 0 Å². The summed E-state index contributed by atoms with van der Waals surface area (Å²) in [5.74, 6) is 0.730. The molecular weight excluding hydrogens is 325 g/mol. The summed E-state index contributed by atoms with van der Waals surface area (Å²) in [4.78, 5) is 3.00.